The predicted octanol–water partition coefficient (Wildman–Crippen LogP) is 5.71. The molecule has 3 aromatic heterocycles. The van der Waals surface area contributed by atoms with Crippen LogP contribution in [-0.2, 0) is 11.2 Å². The van der Waals surface area contributed by atoms with Crippen LogP contribution < -0.4 is 9.64 Å². The lowest BCUT2D eigenvalue weighted by Gasteiger charge is -2.39. The predicted molar refractivity (Wildman–Crippen MR) is 174 cm³/mol. The van der Waals surface area contributed by atoms with Crippen LogP contribution in [0.2, 0.25) is 5.02 Å². The Kier molecular flexibility index (Phi) is 7.25. The number of ether oxygens (including phenoxy) is 1. The van der Waals surface area contributed by atoms with Crippen LogP contribution in [0.1, 0.15) is 50.5 Å². The highest BCUT2D eigenvalue weighted by Gasteiger charge is 2.57. The number of nitrogens with one attached hydrogen (secondary N) is 1. The van der Waals surface area contributed by atoms with Crippen molar-refractivity contribution in [3.63, 3.8) is 0 Å². The zero-order valence-electron chi connectivity index (χ0n) is 26.7. The molecule has 10 rings (SSSR count). The fourth-order valence-corrected chi connectivity index (χ4v) is 9.45. The second-order valence-corrected chi connectivity index (χ2v) is 14.7. The van der Waals surface area contributed by atoms with E-state index in [1.165, 1.54) is 11.1 Å². The van der Waals surface area contributed by atoms with Crippen molar-refractivity contribution >= 4 is 45.1 Å². The Morgan fingerprint density at radius 2 is 1.94 bits per heavy atom. The summed E-state index contributed by atoms with van der Waals surface area (Å²) in [6.45, 7) is 0.925. The van der Waals surface area contributed by atoms with Gasteiger partial charge in [-0.1, -0.05) is 11.6 Å². The molecular weight excluding hydrogens is 664 g/mol. The Labute approximate surface area is 284 Å². The lowest BCUT2D eigenvalue weighted by Crippen LogP contribution is -2.51. The van der Waals surface area contributed by atoms with Crippen LogP contribution in [0.3, 0.4) is 0 Å². The minimum absolute atomic E-state index is 0.0344. The van der Waals surface area contributed by atoms with Gasteiger partial charge >= 0.3 is 6.01 Å². The van der Waals surface area contributed by atoms with Crippen molar-refractivity contribution in [3.8, 4) is 17.3 Å². The summed E-state index contributed by atoms with van der Waals surface area (Å²) in [6.07, 6.45) is 5.76. The van der Waals surface area contributed by atoms with Gasteiger partial charge in [0.05, 0.1) is 35.2 Å². The Morgan fingerprint density at radius 1 is 1.08 bits per heavy atom. The van der Waals surface area contributed by atoms with E-state index in [2.05, 4.69) is 25.1 Å². The number of carbonyl (C=O) groups excluding carboxylic acids is 1. The molecule has 0 saturated carbocycles. The van der Waals surface area contributed by atoms with E-state index >= 15 is 13.2 Å². The Morgan fingerprint density at radius 3 is 2.82 bits per heavy atom. The summed E-state index contributed by atoms with van der Waals surface area (Å²) < 4.78 is 68.6. The van der Waals surface area contributed by atoms with E-state index < -0.39 is 42.0 Å². The number of nitrogens with zero attached hydrogens (tertiary/aromatic N) is 7. The topological polar surface area (TPSA) is 103 Å². The molecule has 6 bridgehead atoms. The zero-order chi connectivity index (χ0) is 33.7. The fraction of sp³-hybridized carbons (Fsp3) is 0.559. The van der Waals surface area contributed by atoms with Crippen molar-refractivity contribution in [1.29, 1.82) is 0 Å². The first-order chi connectivity index (χ1) is 23.6. The molecule has 9 heterocycles. The molecule has 15 heteroatoms. The molecule has 6 aliphatic heterocycles. The molecular formula is C34H35ClF4N8O2. The Bertz CT molecular complexity index is 1990. The van der Waals surface area contributed by atoms with Gasteiger partial charge in [0.1, 0.15) is 29.8 Å². The number of hydrogen-bond donors (Lipinski definition) is 1. The van der Waals surface area contributed by atoms with Crippen molar-refractivity contribution < 1.29 is 27.1 Å². The van der Waals surface area contributed by atoms with Gasteiger partial charge in [-0.05, 0) is 56.7 Å². The third-order valence-corrected chi connectivity index (χ3v) is 11.8. The standard InChI is InChI=1S/C34H35ClF4N8O2/c35-23-10-24-20(13-41-44-24)27-19(23)4-1-2-5-26(48)47-16-34(38,39)22-6-9-45(15-25(22)47)31-21-12-40-30(27)28(37)29(21)42-32(43-31)49-17-33-7-3-8-46(33)14-18(36)11-33/h10,12-13,18,22,25H,1-9,11,14-17H2,(H,41,44)/t18-,22+,25-,33+/m1/s1. The number of rotatable bonds is 3. The lowest BCUT2D eigenvalue weighted by molar-refractivity contribution is -0.133. The van der Waals surface area contributed by atoms with E-state index in [-0.39, 0.29) is 55.7 Å². The first-order valence-corrected chi connectivity index (χ1v) is 17.4. The molecule has 0 aliphatic carbocycles. The van der Waals surface area contributed by atoms with E-state index in [0.717, 1.165) is 19.4 Å². The second-order valence-electron chi connectivity index (χ2n) is 14.3. The Balaban J connectivity index is 1.21. The summed E-state index contributed by atoms with van der Waals surface area (Å²) in [7, 11) is 0. The number of aromatic nitrogens is 5. The molecule has 1 aromatic carbocycles. The number of aromatic amines is 1. The van der Waals surface area contributed by atoms with Gasteiger partial charge in [-0.15, -0.1) is 0 Å². The third-order valence-electron chi connectivity index (χ3n) is 11.5. The van der Waals surface area contributed by atoms with Crippen LogP contribution in [-0.4, -0.2) is 104 Å². The van der Waals surface area contributed by atoms with Gasteiger partial charge in [0.25, 0.3) is 5.92 Å². The van der Waals surface area contributed by atoms with Crippen molar-refractivity contribution in [2.75, 3.05) is 44.2 Å². The summed E-state index contributed by atoms with van der Waals surface area (Å²) in [5.41, 5.74) is 1.22. The number of halogens is 5. The molecule has 1 N–H and O–H groups in total. The summed E-state index contributed by atoms with van der Waals surface area (Å²) in [4.78, 5) is 32.7. The minimum atomic E-state index is -3.02. The van der Waals surface area contributed by atoms with Crippen molar-refractivity contribution in [3.05, 3.63) is 34.9 Å². The number of carbonyl (C=O) groups is 1. The van der Waals surface area contributed by atoms with Crippen LogP contribution in [0.5, 0.6) is 6.01 Å². The number of hydrogen-bond acceptors (Lipinski definition) is 8. The molecule has 49 heavy (non-hydrogen) atoms. The molecule has 10 nitrogen and oxygen atoms in total. The number of anilines is 1. The number of benzene rings is 1. The monoisotopic (exact) mass is 698 g/mol. The van der Waals surface area contributed by atoms with E-state index in [0.29, 0.717) is 70.5 Å². The molecule has 4 atom stereocenters. The van der Waals surface area contributed by atoms with E-state index in [4.69, 9.17) is 21.3 Å². The van der Waals surface area contributed by atoms with Gasteiger partial charge in [-0.3, -0.25) is 19.8 Å². The molecule has 1 amide bonds. The van der Waals surface area contributed by atoms with Gasteiger partial charge in [-0.2, -0.15) is 15.1 Å². The largest absolute Gasteiger partial charge is 0.461 e. The number of alkyl halides is 3. The number of pyridine rings is 1. The Hall–Kier alpha value is -3.78. The van der Waals surface area contributed by atoms with Gasteiger partial charge < -0.3 is 14.5 Å². The summed E-state index contributed by atoms with van der Waals surface area (Å²) in [5.74, 6) is -4.74. The van der Waals surface area contributed by atoms with E-state index in [1.807, 2.05) is 4.90 Å². The third kappa shape index (κ3) is 4.95. The summed E-state index contributed by atoms with van der Waals surface area (Å²) in [6, 6.07) is 0.899. The smallest absolute Gasteiger partial charge is 0.319 e. The minimum Gasteiger partial charge on any atom is -0.461 e. The van der Waals surface area contributed by atoms with E-state index in [1.54, 1.807) is 12.3 Å². The SMILES string of the molecule is O=C1CCCCc2c(Cl)cc3[nH]ncc3c2-c2ncc3c(nc(OC[C@@]45CCCN4C[C@H](F)C5)nc3c2F)N2CC[C@H]3[C@@H](C2)N1CC3(F)F. The van der Waals surface area contributed by atoms with Crippen LogP contribution in [0.4, 0.5) is 23.4 Å². The highest BCUT2D eigenvalue weighted by Crippen LogP contribution is 2.46. The van der Waals surface area contributed by atoms with Crippen LogP contribution in [0, 0.1) is 11.7 Å². The maximum absolute atomic E-state index is 17.1. The molecule has 0 unspecified atom stereocenters. The maximum atomic E-state index is 17.1. The average molecular weight is 699 g/mol. The van der Waals surface area contributed by atoms with Gasteiger partial charge in [0, 0.05) is 60.6 Å². The molecule has 0 spiro atoms. The van der Waals surface area contributed by atoms with Crippen molar-refractivity contribution in [2.45, 2.75) is 75.0 Å². The number of piperidine rings is 1. The van der Waals surface area contributed by atoms with Gasteiger partial charge in [-0.25, -0.2) is 17.6 Å². The summed E-state index contributed by atoms with van der Waals surface area (Å²) in [5, 5.41) is 8.39. The quantitative estimate of drug-likeness (QED) is 0.272. The highest BCUT2D eigenvalue weighted by molar-refractivity contribution is 6.33. The zero-order valence-corrected chi connectivity index (χ0v) is 27.5. The number of amides is 1. The summed E-state index contributed by atoms with van der Waals surface area (Å²) >= 11 is 6.80. The first kappa shape index (κ1) is 31.2. The van der Waals surface area contributed by atoms with Crippen molar-refractivity contribution in [2.24, 2.45) is 5.92 Å². The normalized spacial score (nSPS) is 28.3. The van der Waals surface area contributed by atoms with Crippen molar-refractivity contribution in [1.82, 2.24) is 34.9 Å². The lowest BCUT2D eigenvalue weighted by atomic mass is 9.89. The van der Waals surface area contributed by atoms with Crippen LogP contribution in [0.25, 0.3) is 33.1 Å². The molecule has 0 radical (unpaired) electrons. The second kappa shape index (κ2) is 11.4. The average Bonchev–Trinajstić information content (AvgIpc) is 3.83. The maximum Gasteiger partial charge on any atom is 0.319 e. The number of fused-ring (bicyclic) bond motifs is 7. The van der Waals surface area contributed by atoms with Crippen LogP contribution >= 0.6 is 11.6 Å². The first-order valence-electron chi connectivity index (χ1n) is 17.1. The molecule has 258 valence electrons. The highest BCUT2D eigenvalue weighted by atomic mass is 35.5. The number of H-pyrrole nitrogens is 1. The molecule has 4 saturated heterocycles. The molecule has 4 fully saturated rings. The fourth-order valence-electron chi connectivity index (χ4n) is 9.15. The molecule has 4 aromatic rings. The molecule has 6 aliphatic rings. The van der Waals surface area contributed by atoms with Crippen LogP contribution in [0.15, 0.2) is 18.5 Å². The van der Waals surface area contributed by atoms with E-state index in [9.17, 15) is 9.18 Å². The van der Waals surface area contributed by atoms with Gasteiger partial charge in [0.2, 0.25) is 5.91 Å². The van der Waals surface area contributed by atoms with Gasteiger partial charge in [0.15, 0.2) is 5.82 Å².